The summed E-state index contributed by atoms with van der Waals surface area (Å²) in [4.78, 5) is 14.7. The first-order valence-electron chi connectivity index (χ1n) is 9.21. The van der Waals surface area contributed by atoms with E-state index in [1.165, 1.54) is 23.3 Å². The van der Waals surface area contributed by atoms with Gasteiger partial charge in [0.1, 0.15) is 0 Å². The van der Waals surface area contributed by atoms with Crippen molar-refractivity contribution in [2.24, 2.45) is 23.2 Å². The Bertz CT molecular complexity index is 702. The molecule has 4 atom stereocenters. The minimum Gasteiger partial charge on any atom is -0.295 e. The first-order chi connectivity index (χ1) is 11.5. The second kappa shape index (κ2) is 6.22. The number of carbonyl (C=O) groups excluding carboxylic acids is 1. The van der Waals surface area contributed by atoms with Crippen molar-refractivity contribution in [3.05, 3.63) is 53.0 Å². The van der Waals surface area contributed by atoms with Gasteiger partial charge in [-0.3, -0.25) is 4.79 Å². The lowest BCUT2D eigenvalue weighted by Crippen LogP contribution is -2.40. The normalized spacial score (nSPS) is 35.6. The summed E-state index contributed by atoms with van der Waals surface area (Å²) in [6.45, 7) is 4.82. The van der Waals surface area contributed by atoms with Crippen molar-refractivity contribution >= 4 is 17.5 Å². The molecule has 0 saturated heterocycles. The SMILES string of the molecule is C[C@@H]1C[C@@]2(C)CC3=CC(=O)CC[C@@H]3C[C@@H]2C=C1Sc1ccccc1. The summed E-state index contributed by atoms with van der Waals surface area (Å²) in [5.41, 5.74) is 1.78. The monoisotopic (exact) mass is 338 g/mol. The Morgan fingerprint density at radius 1 is 1.21 bits per heavy atom. The fraction of sp³-hybridized carbons (Fsp3) is 0.500. The van der Waals surface area contributed by atoms with Gasteiger partial charge in [-0.25, -0.2) is 0 Å². The Hall–Kier alpha value is -1.28. The predicted molar refractivity (Wildman–Crippen MR) is 101 cm³/mol. The molecular formula is C22H26OS. The molecule has 0 amide bonds. The average Bonchev–Trinajstić information content (AvgIpc) is 2.55. The molecule has 1 saturated carbocycles. The van der Waals surface area contributed by atoms with Crippen LogP contribution in [0.4, 0.5) is 0 Å². The van der Waals surface area contributed by atoms with Crippen LogP contribution in [0.2, 0.25) is 0 Å². The second-order valence-electron chi connectivity index (χ2n) is 8.18. The molecule has 0 heterocycles. The minimum atomic E-state index is 0.333. The van der Waals surface area contributed by atoms with Crippen LogP contribution < -0.4 is 0 Å². The Morgan fingerprint density at radius 3 is 2.79 bits per heavy atom. The maximum absolute atomic E-state index is 11.8. The van der Waals surface area contributed by atoms with Crippen molar-refractivity contribution in [2.45, 2.75) is 50.8 Å². The molecule has 1 fully saturated rings. The molecule has 4 rings (SSSR count). The van der Waals surface area contributed by atoms with E-state index in [-0.39, 0.29) is 0 Å². The number of hydrogen-bond donors (Lipinski definition) is 0. The fourth-order valence-corrected chi connectivity index (χ4v) is 6.05. The molecule has 0 aliphatic heterocycles. The smallest absolute Gasteiger partial charge is 0.155 e. The lowest BCUT2D eigenvalue weighted by molar-refractivity contribution is -0.115. The zero-order valence-corrected chi connectivity index (χ0v) is 15.4. The van der Waals surface area contributed by atoms with Crippen LogP contribution in [0.3, 0.4) is 0 Å². The lowest BCUT2D eigenvalue weighted by Gasteiger charge is -2.50. The zero-order chi connectivity index (χ0) is 16.7. The summed E-state index contributed by atoms with van der Waals surface area (Å²) < 4.78 is 0. The largest absolute Gasteiger partial charge is 0.295 e. The Balaban J connectivity index is 1.60. The lowest BCUT2D eigenvalue weighted by atomic mass is 9.56. The molecule has 1 aromatic rings. The van der Waals surface area contributed by atoms with Crippen molar-refractivity contribution in [1.29, 1.82) is 0 Å². The van der Waals surface area contributed by atoms with Gasteiger partial charge in [0.25, 0.3) is 0 Å². The number of fused-ring (bicyclic) bond motifs is 2. The molecule has 0 bridgehead atoms. The number of allylic oxidation sites excluding steroid dienone is 4. The summed E-state index contributed by atoms with van der Waals surface area (Å²) in [7, 11) is 0. The zero-order valence-electron chi connectivity index (χ0n) is 14.6. The van der Waals surface area contributed by atoms with E-state index in [4.69, 9.17) is 0 Å². The molecular weight excluding hydrogens is 312 g/mol. The molecule has 0 N–H and O–H groups in total. The topological polar surface area (TPSA) is 17.1 Å². The summed E-state index contributed by atoms with van der Waals surface area (Å²) in [5.74, 6) is 2.26. The van der Waals surface area contributed by atoms with Crippen molar-refractivity contribution in [3.63, 3.8) is 0 Å². The van der Waals surface area contributed by atoms with E-state index in [1.54, 1.807) is 4.91 Å². The summed E-state index contributed by atoms with van der Waals surface area (Å²) in [6, 6.07) is 10.7. The molecule has 1 nitrogen and oxygen atoms in total. The van der Waals surface area contributed by atoms with Crippen LogP contribution in [0.1, 0.15) is 46.0 Å². The van der Waals surface area contributed by atoms with Gasteiger partial charge in [-0.05, 0) is 72.0 Å². The van der Waals surface area contributed by atoms with E-state index in [0.717, 1.165) is 19.3 Å². The van der Waals surface area contributed by atoms with Gasteiger partial charge in [-0.2, -0.15) is 0 Å². The maximum Gasteiger partial charge on any atom is 0.155 e. The number of benzene rings is 1. The highest BCUT2D eigenvalue weighted by molar-refractivity contribution is 8.03. The van der Waals surface area contributed by atoms with Gasteiger partial charge in [-0.1, -0.05) is 55.5 Å². The first kappa shape index (κ1) is 16.2. The van der Waals surface area contributed by atoms with Gasteiger partial charge >= 0.3 is 0 Å². The average molecular weight is 339 g/mol. The van der Waals surface area contributed by atoms with E-state index in [1.807, 2.05) is 17.8 Å². The maximum atomic E-state index is 11.8. The number of hydrogen-bond acceptors (Lipinski definition) is 2. The second-order valence-corrected chi connectivity index (χ2v) is 9.33. The highest BCUT2D eigenvalue weighted by Gasteiger charge is 2.45. The summed E-state index contributed by atoms with van der Waals surface area (Å²) in [5, 5.41) is 0. The minimum absolute atomic E-state index is 0.333. The highest BCUT2D eigenvalue weighted by Crippen LogP contribution is 2.57. The van der Waals surface area contributed by atoms with Crippen LogP contribution in [-0.4, -0.2) is 5.78 Å². The number of carbonyl (C=O) groups is 1. The first-order valence-corrected chi connectivity index (χ1v) is 10.0. The van der Waals surface area contributed by atoms with Gasteiger partial charge in [0, 0.05) is 11.3 Å². The molecule has 24 heavy (non-hydrogen) atoms. The van der Waals surface area contributed by atoms with E-state index in [2.05, 4.69) is 50.3 Å². The molecule has 0 aromatic heterocycles. The highest BCUT2D eigenvalue weighted by atomic mass is 32.2. The fourth-order valence-electron chi connectivity index (χ4n) is 4.97. The molecule has 3 aliphatic carbocycles. The van der Waals surface area contributed by atoms with E-state index >= 15 is 0 Å². The van der Waals surface area contributed by atoms with Crippen LogP contribution in [0.25, 0.3) is 0 Å². The molecule has 0 unspecified atom stereocenters. The van der Waals surface area contributed by atoms with Crippen molar-refractivity contribution in [1.82, 2.24) is 0 Å². The molecule has 0 spiro atoms. The van der Waals surface area contributed by atoms with Crippen LogP contribution in [0.5, 0.6) is 0 Å². The quantitative estimate of drug-likeness (QED) is 0.655. The molecule has 0 radical (unpaired) electrons. The van der Waals surface area contributed by atoms with Crippen LogP contribution >= 0.6 is 11.8 Å². The third-order valence-corrected chi connectivity index (χ3v) is 7.54. The van der Waals surface area contributed by atoms with Crippen LogP contribution in [0.15, 0.2) is 57.9 Å². The Kier molecular flexibility index (Phi) is 4.20. The Labute approximate surface area is 149 Å². The van der Waals surface area contributed by atoms with Crippen molar-refractivity contribution in [3.8, 4) is 0 Å². The van der Waals surface area contributed by atoms with Gasteiger partial charge in [0.15, 0.2) is 5.78 Å². The van der Waals surface area contributed by atoms with E-state index < -0.39 is 0 Å². The summed E-state index contributed by atoms with van der Waals surface area (Å²) in [6.07, 6.45) is 9.99. The standard InChI is InChI=1S/C22H26OS/c1-15-13-22(2)14-17-11-19(23)9-8-16(17)10-18(22)12-21(15)24-20-6-4-3-5-7-20/h3-7,11-12,15-16,18H,8-10,13-14H2,1-2H3/t15-,16-,18-,22+/m1/s1. The Morgan fingerprint density at radius 2 is 2.00 bits per heavy atom. The molecule has 2 heteroatoms. The van der Waals surface area contributed by atoms with Gasteiger partial charge in [0.05, 0.1) is 0 Å². The van der Waals surface area contributed by atoms with Gasteiger partial charge < -0.3 is 0 Å². The van der Waals surface area contributed by atoms with E-state index in [9.17, 15) is 4.79 Å². The molecule has 126 valence electrons. The van der Waals surface area contributed by atoms with Crippen LogP contribution in [-0.2, 0) is 4.79 Å². The summed E-state index contributed by atoms with van der Waals surface area (Å²) >= 11 is 1.95. The number of thioether (sulfide) groups is 1. The van der Waals surface area contributed by atoms with Crippen LogP contribution in [0, 0.1) is 23.2 Å². The van der Waals surface area contributed by atoms with Crippen molar-refractivity contribution < 1.29 is 4.79 Å². The third kappa shape index (κ3) is 3.01. The predicted octanol–water partition coefficient (Wildman–Crippen LogP) is 6.02. The van der Waals surface area contributed by atoms with Crippen molar-refractivity contribution in [2.75, 3.05) is 0 Å². The number of rotatable bonds is 2. The molecule has 3 aliphatic rings. The van der Waals surface area contributed by atoms with E-state index in [0.29, 0.717) is 29.0 Å². The van der Waals surface area contributed by atoms with Gasteiger partial charge in [0.2, 0.25) is 0 Å². The molecule has 1 aromatic carbocycles. The van der Waals surface area contributed by atoms with Gasteiger partial charge in [-0.15, -0.1) is 0 Å². The third-order valence-electron chi connectivity index (χ3n) is 6.25. The number of ketones is 1.